The quantitative estimate of drug-likeness (QED) is 0.837. The first-order valence-electron chi connectivity index (χ1n) is 6.54. The number of amides is 2. The first-order valence-corrected chi connectivity index (χ1v) is 6.54. The second kappa shape index (κ2) is 5.24. The van der Waals surface area contributed by atoms with Gasteiger partial charge in [-0.2, -0.15) is 10.2 Å². The molecular weight excluding hydrogens is 256 g/mol. The molecule has 0 radical (unpaired) electrons. The van der Waals surface area contributed by atoms with Crippen molar-refractivity contribution in [2.24, 2.45) is 10.2 Å². The van der Waals surface area contributed by atoms with E-state index in [2.05, 4.69) is 21.1 Å². The van der Waals surface area contributed by atoms with Gasteiger partial charge in [0.05, 0.1) is 11.4 Å². The monoisotopic (exact) mass is 270 g/mol. The highest BCUT2D eigenvalue weighted by Gasteiger charge is 2.15. The van der Waals surface area contributed by atoms with Crippen LogP contribution in [-0.4, -0.2) is 23.2 Å². The van der Waals surface area contributed by atoms with Crippen molar-refractivity contribution in [2.45, 2.75) is 25.7 Å². The number of nitrogens with one attached hydrogen (secondary N) is 2. The van der Waals surface area contributed by atoms with E-state index in [1.807, 2.05) is 24.3 Å². The van der Waals surface area contributed by atoms with E-state index in [0.29, 0.717) is 25.7 Å². The Hall–Kier alpha value is -2.50. The van der Waals surface area contributed by atoms with Gasteiger partial charge in [-0.15, -0.1) is 0 Å². The van der Waals surface area contributed by atoms with E-state index < -0.39 is 0 Å². The fourth-order valence-corrected chi connectivity index (χ4v) is 2.22. The van der Waals surface area contributed by atoms with Crippen LogP contribution in [0.15, 0.2) is 34.5 Å². The summed E-state index contributed by atoms with van der Waals surface area (Å²) < 4.78 is 0. The molecule has 1 aromatic carbocycles. The number of nitrogens with zero attached hydrogens (tertiary/aromatic N) is 2. The maximum Gasteiger partial charge on any atom is 0.240 e. The molecule has 2 N–H and O–H groups in total. The molecule has 2 aliphatic heterocycles. The van der Waals surface area contributed by atoms with E-state index in [0.717, 1.165) is 22.6 Å². The Kier molecular flexibility index (Phi) is 3.28. The SMILES string of the molecule is O=C1CCC(c2ccc(C3=NNC(=O)CC3)cc2)=NN1. The Morgan fingerprint density at radius 2 is 1.10 bits per heavy atom. The number of benzene rings is 1. The van der Waals surface area contributed by atoms with Crippen LogP contribution in [0.25, 0.3) is 0 Å². The Balaban J connectivity index is 1.78. The molecule has 2 heterocycles. The van der Waals surface area contributed by atoms with E-state index in [-0.39, 0.29) is 11.8 Å². The standard InChI is InChI=1S/C14H14N4O2/c19-13-7-5-11(15-17-13)9-1-2-10(4-3-9)12-6-8-14(20)18-16-12/h1-4H,5-8H2,(H,17,19)(H,18,20). The molecule has 6 nitrogen and oxygen atoms in total. The number of hydrazone groups is 2. The summed E-state index contributed by atoms with van der Waals surface area (Å²) in [7, 11) is 0. The van der Waals surface area contributed by atoms with E-state index in [4.69, 9.17) is 0 Å². The van der Waals surface area contributed by atoms with Crippen LogP contribution >= 0.6 is 0 Å². The predicted molar refractivity (Wildman–Crippen MR) is 74.3 cm³/mol. The molecule has 0 saturated heterocycles. The van der Waals surface area contributed by atoms with Gasteiger partial charge < -0.3 is 0 Å². The summed E-state index contributed by atoms with van der Waals surface area (Å²) in [5.41, 5.74) is 8.74. The third-order valence-electron chi connectivity index (χ3n) is 3.36. The molecule has 0 aromatic heterocycles. The van der Waals surface area contributed by atoms with Crippen LogP contribution in [-0.2, 0) is 9.59 Å². The van der Waals surface area contributed by atoms with Crippen LogP contribution in [0, 0.1) is 0 Å². The van der Waals surface area contributed by atoms with Crippen LogP contribution < -0.4 is 10.9 Å². The Bertz CT molecular complexity index is 562. The molecule has 0 fully saturated rings. The topological polar surface area (TPSA) is 82.9 Å². The maximum absolute atomic E-state index is 11.1. The number of carbonyl (C=O) groups excluding carboxylic acids is 2. The van der Waals surface area contributed by atoms with Crippen molar-refractivity contribution in [3.05, 3.63) is 35.4 Å². The molecule has 102 valence electrons. The highest BCUT2D eigenvalue weighted by atomic mass is 16.2. The largest absolute Gasteiger partial charge is 0.273 e. The molecule has 0 unspecified atom stereocenters. The average Bonchev–Trinajstić information content (AvgIpc) is 2.49. The summed E-state index contributed by atoms with van der Waals surface area (Å²) in [6.07, 6.45) is 2.25. The van der Waals surface area contributed by atoms with Crippen molar-refractivity contribution >= 4 is 23.2 Å². The first kappa shape index (κ1) is 12.5. The second-order valence-corrected chi connectivity index (χ2v) is 4.76. The molecule has 1 aromatic rings. The molecule has 20 heavy (non-hydrogen) atoms. The molecule has 0 atom stereocenters. The van der Waals surface area contributed by atoms with Crippen LogP contribution in [0.5, 0.6) is 0 Å². The summed E-state index contributed by atoms with van der Waals surface area (Å²) >= 11 is 0. The maximum atomic E-state index is 11.1. The molecular formula is C14H14N4O2. The second-order valence-electron chi connectivity index (χ2n) is 4.76. The zero-order valence-corrected chi connectivity index (χ0v) is 10.8. The lowest BCUT2D eigenvalue weighted by Crippen LogP contribution is -2.26. The van der Waals surface area contributed by atoms with Crippen molar-refractivity contribution < 1.29 is 9.59 Å². The van der Waals surface area contributed by atoms with Crippen LogP contribution in [0.3, 0.4) is 0 Å². The van der Waals surface area contributed by atoms with Crippen molar-refractivity contribution in [3.8, 4) is 0 Å². The fourth-order valence-electron chi connectivity index (χ4n) is 2.22. The molecule has 2 aliphatic rings. The van der Waals surface area contributed by atoms with E-state index >= 15 is 0 Å². The predicted octanol–water partition coefficient (Wildman–Crippen LogP) is 0.915. The molecule has 6 heteroatoms. The third-order valence-corrected chi connectivity index (χ3v) is 3.36. The minimum Gasteiger partial charge on any atom is -0.273 e. The van der Waals surface area contributed by atoms with E-state index in [9.17, 15) is 9.59 Å². The van der Waals surface area contributed by atoms with Crippen LogP contribution in [0.1, 0.15) is 36.8 Å². The van der Waals surface area contributed by atoms with Crippen molar-refractivity contribution in [2.75, 3.05) is 0 Å². The van der Waals surface area contributed by atoms with Gasteiger partial charge >= 0.3 is 0 Å². The Labute approximate surface area is 115 Å². The normalized spacial score (nSPS) is 18.8. The van der Waals surface area contributed by atoms with E-state index in [1.54, 1.807) is 0 Å². The third kappa shape index (κ3) is 2.59. The molecule has 0 aliphatic carbocycles. The van der Waals surface area contributed by atoms with E-state index in [1.165, 1.54) is 0 Å². The Morgan fingerprint density at radius 3 is 1.40 bits per heavy atom. The van der Waals surface area contributed by atoms with Crippen LogP contribution in [0.4, 0.5) is 0 Å². The summed E-state index contributed by atoms with van der Waals surface area (Å²) in [5.74, 6) is -0.0876. The Morgan fingerprint density at radius 1 is 0.700 bits per heavy atom. The highest BCUT2D eigenvalue weighted by molar-refractivity contribution is 6.07. The molecule has 0 bridgehead atoms. The first-order chi connectivity index (χ1) is 9.72. The van der Waals surface area contributed by atoms with Gasteiger partial charge in [-0.3, -0.25) is 9.59 Å². The lowest BCUT2D eigenvalue weighted by atomic mass is 9.99. The summed E-state index contributed by atoms with van der Waals surface area (Å²) in [6.45, 7) is 0. The van der Waals surface area contributed by atoms with Gasteiger partial charge in [0.25, 0.3) is 0 Å². The average molecular weight is 270 g/mol. The van der Waals surface area contributed by atoms with Gasteiger partial charge in [0, 0.05) is 25.7 Å². The molecule has 0 spiro atoms. The molecule has 2 amide bonds. The number of hydrogen-bond acceptors (Lipinski definition) is 4. The molecule has 3 rings (SSSR count). The van der Waals surface area contributed by atoms with Gasteiger partial charge in [0.15, 0.2) is 0 Å². The highest BCUT2D eigenvalue weighted by Crippen LogP contribution is 2.14. The zero-order valence-electron chi connectivity index (χ0n) is 10.8. The van der Waals surface area contributed by atoms with Gasteiger partial charge in [-0.25, -0.2) is 10.9 Å². The zero-order chi connectivity index (χ0) is 13.9. The van der Waals surface area contributed by atoms with Gasteiger partial charge in [-0.1, -0.05) is 24.3 Å². The van der Waals surface area contributed by atoms with Gasteiger partial charge in [0.2, 0.25) is 11.8 Å². The van der Waals surface area contributed by atoms with Crippen LogP contribution in [0.2, 0.25) is 0 Å². The number of carbonyl (C=O) groups is 2. The van der Waals surface area contributed by atoms with Gasteiger partial charge in [-0.05, 0) is 11.1 Å². The minimum atomic E-state index is -0.0438. The minimum absolute atomic E-state index is 0.0438. The molecule has 0 saturated carbocycles. The van der Waals surface area contributed by atoms with Gasteiger partial charge in [0.1, 0.15) is 0 Å². The summed E-state index contributed by atoms with van der Waals surface area (Å²) in [4.78, 5) is 22.1. The lowest BCUT2D eigenvalue weighted by Gasteiger charge is -2.14. The number of hydrogen-bond donors (Lipinski definition) is 2. The van der Waals surface area contributed by atoms with Crippen molar-refractivity contribution in [1.82, 2.24) is 10.9 Å². The van der Waals surface area contributed by atoms with Crippen molar-refractivity contribution in [3.63, 3.8) is 0 Å². The lowest BCUT2D eigenvalue weighted by molar-refractivity contribution is -0.122. The summed E-state index contributed by atoms with van der Waals surface area (Å²) in [5, 5.41) is 8.13. The fraction of sp³-hybridized carbons (Fsp3) is 0.286. The summed E-state index contributed by atoms with van der Waals surface area (Å²) in [6, 6.07) is 7.85. The number of rotatable bonds is 2. The van der Waals surface area contributed by atoms with Crippen molar-refractivity contribution in [1.29, 1.82) is 0 Å². The smallest absolute Gasteiger partial charge is 0.240 e.